The maximum atomic E-state index is 13.5. The Labute approximate surface area is 215 Å². The summed E-state index contributed by atoms with van der Waals surface area (Å²) in [5, 5.41) is 15.5. The van der Waals surface area contributed by atoms with E-state index in [1.165, 1.54) is 0 Å². The van der Waals surface area contributed by atoms with Gasteiger partial charge in [-0.05, 0) is 70.7 Å². The first kappa shape index (κ1) is 24.1. The Balaban J connectivity index is 1.48. The number of cyclic esters (lactones) is 1. The number of hydrogen-bond acceptors (Lipinski definition) is 8. The van der Waals surface area contributed by atoms with Crippen LogP contribution in [0.1, 0.15) is 48.4 Å². The molecule has 0 bridgehead atoms. The first-order chi connectivity index (χ1) is 17.8. The van der Waals surface area contributed by atoms with Gasteiger partial charge in [-0.3, -0.25) is 4.79 Å². The van der Waals surface area contributed by atoms with E-state index in [-0.39, 0.29) is 24.7 Å². The highest BCUT2D eigenvalue weighted by Crippen LogP contribution is 2.40. The summed E-state index contributed by atoms with van der Waals surface area (Å²) in [6.45, 7) is 4.55. The summed E-state index contributed by atoms with van der Waals surface area (Å²) < 4.78 is 13.3. The summed E-state index contributed by atoms with van der Waals surface area (Å²) in [4.78, 5) is 33.0. The predicted octanol–water partition coefficient (Wildman–Crippen LogP) is 2.27. The number of carbonyl (C=O) groups is 1. The van der Waals surface area contributed by atoms with Crippen LogP contribution in [0, 0.1) is 0 Å². The number of rotatable bonds is 5. The van der Waals surface area contributed by atoms with Crippen LogP contribution < -0.4 is 15.6 Å². The van der Waals surface area contributed by atoms with Crippen LogP contribution in [0.15, 0.2) is 29.1 Å². The Bertz CT molecular complexity index is 1470. The average molecular weight is 505 g/mol. The molecule has 0 spiro atoms. The van der Waals surface area contributed by atoms with Crippen LogP contribution in [0.3, 0.4) is 0 Å². The van der Waals surface area contributed by atoms with Crippen LogP contribution in [0.4, 0.5) is 0 Å². The molecule has 3 aliphatic heterocycles. The molecule has 1 atom stereocenters. The molecule has 0 aliphatic carbocycles. The quantitative estimate of drug-likeness (QED) is 0.399. The molecule has 3 aromatic rings. The fourth-order valence-electron chi connectivity index (χ4n) is 5.77. The van der Waals surface area contributed by atoms with E-state index in [0.717, 1.165) is 53.7 Å². The van der Waals surface area contributed by atoms with Crippen LogP contribution in [0.2, 0.25) is 0 Å². The Hall–Kier alpha value is -3.27. The molecule has 5 heterocycles. The standard InChI is InChI=1S/C28H32N4O5/c1-4-28(35)21-12-23-25-16(13-32(23)26(33)20(21)15-36-27(28)34)11-18-19(14-31(2)3)24(6-5-22(18)30-25)37-17-7-9-29-10-8-17/h5-6,11-12,17,29,35H,4,7-10,13-15H2,1-3H3. The Morgan fingerprint density at radius 2 is 2.03 bits per heavy atom. The van der Waals surface area contributed by atoms with Crippen molar-refractivity contribution in [3.8, 4) is 17.1 Å². The number of nitrogens with zero attached hydrogens (tertiary/aromatic N) is 3. The molecular weight excluding hydrogens is 472 g/mol. The molecule has 1 unspecified atom stereocenters. The van der Waals surface area contributed by atoms with Crippen molar-refractivity contribution in [2.24, 2.45) is 0 Å². The smallest absolute Gasteiger partial charge is 0.343 e. The molecule has 1 aromatic carbocycles. The van der Waals surface area contributed by atoms with E-state index in [9.17, 15) is 14.7 Å². The minimum absolute atomic E-state index is 0.119. The van der Waals surface area contributed by atoms with E-state index in [1.54, 1.807) is 17.6 Å². The van der Waals surface area contributed by atoms with Crippen LogP contribution in [0.25, 0.3) is 22.3 Å². The van der Waals surface area contributed by atoms with Gasteiger partial charge < -0.3 is 29.4 Å². The lowest BCUT2D eigenvalue weighted by Gasteiger charge is -2.31. The number of ether oxygens (including phenoxy) is 2. The number of nitrogens with one attached hydrogen (secondary N) is 1. The van der Waals surface area contributed by atoms with Gasteiger partial charge >= 0.3 is 5.97 Å². The molecule has 9 nitrogen and oxygen atoms in total. The lowest BCUT2D eigenvalue weighted by molar-refractivity contribution is -0.172. The van der Waals surface area contributed by atoms with E-state index in [1.807, 2.05) is 26.2 Å². The minimum Gasteiger partial charge on any atom is -0.490 e. The van der Waals surface area contributed by atoms with Crippen molar-refractivity contribution in [1.82, 2.24) is 19.8 Å². The van der Waals surface area contributed by atoms with E-state index in [4.69, 9.17) is 14.5 Å². The number of piperidine rings is 1. The molecule has 6 rings (SSSR count). The van der Waals surface area contributed by atoms with Gasteiger partial charge in [0.1, 0.15) is 18.5 Å². The number of pyridine rings is 2. The van der Waals surface area contributed by atoms with E-state index in [0.29, 0.717) is 35.6 Å². The molecule has 3 aliphatic rings. The zero-order chi connectivity index (χ0) is 25.9. The highest BCUT2D eigenvalue weighted by atomic mass is 16.6. The van der Waals surface area contributed by atoms with Gasteiger partial charge in [-0.2, -0.15) is 0 Å². The van der Waals surface area contributed by atoms with Crippen LogP contribution >= 0.6 is 0 Å². The number of fused-ring (bicyclic) bond motifs is 5. The van der Waals surface area contributed by atoms with E-state index < -0.39 is 11.6 Å². The van der Waals surface area contributed by atoms with Gasteiger partial charge in [0.05, 0.1) is 29.0 Å². The first-order valence-electron chi connectivity index (χ1n) is 12.9. The van der Waals surface area contributed by atoms with Gasteiger partial charge in [-0.25, -0.2) is 9.78 Å². The van der Waals surface area contributed by atoms with Crippen molar-refractivity contribution in [2.75, 3.05) is 27.2 Å². The van der Waals surface area contributed by atoms with Gasteiger partial charge in [0.15, 0.2) is 5.60 Å². The molecule has 37 heavy (non-hydrogen) atoms. The van der Waals surface area contributed by atoms with E-state index in [2.05, 4.69) is 16.3 Å². The largest absolute Gasteiger partial charge is 0.490 e. The molecule has 1 fully saturated rings. The third-order valence-corrected chi connectivity index (χ3v) is 7.81. The van der Waals surface area contributed by atoms with Gasteiger partial charge in [0, 0.05) is 28.6 Å². The third kappa shape index (κ3) is 3.84. The van der Waals surface area contributed by atoms with Gasteiger partial charge in [-0.1, -0.05) is 6.92 Å². The second-order valence-corrected chi connectivity index (χ2v) is 10.5. The van der Waals surface area contributed by atoms with Crippen molar-refractivity contribution in [2.45, 2.75) is 57.6 Å². The van der Waals surface area contributed by atoms with Crippen LogP contribution in [-0.2, 0) is 34.8 Å². The fourth-order valence-corrected chi connectivity index (χ4v) is 5.77. The number of aliphatic hydroxyl groups is 1. The summed E-state index contributed by atoms with van der Waals surface area (Å²) in [7, 11) is 4.07. The molecule has 0 amide bonds. The van der Waals surface area contributed by atoms with Crippen LogP contribution in [-0.4, -0.2) is 58.8 Å². The minimum atomic E-state index is -1.83. The zero-order valence-electron chi connectivity index (χ0n) is 21.5. The molecular formula is C28H32N4O5. The summed E-state index contributed by atoms with van der Waals surface area (Å²) in [6, 6.07) is 7.85. The van der Waals surface area contributed by atoms with Gasteiger partial charge in [-0.15, -0.1) is 0 Å². The fraction of sp³-hybridized carbons (Fsp3) is 0.464. The number of carbonyl (C=O) groups excluding carboxylic acids is 1. The zero-order valence-corrected chi connectivity index (χ0v) is 21.5. The highest BCUT2D eigenvalue weighted by Gasteiger charge is 2.45. The summed E-state index contributed by atoms with van der Waals surface area (Å²) in [6.07, 6.45) is 2.24. The topological polar surface area (TPSA) is 106 Å². The second kappa shape index (κ2) is 8.93. The second-order valence-electron chi connectivity index (χ2n) is 10.5. The Morgan fingerprint density at radius 1 is 1.24 bits per heavy atom. The first-order valence-corrected chi connectivity index (χ1v) is 12.9. The highest BCUT2D eigenvalue weighted by molar-refractivity contribution is 5.89. The predicted molar refractivity (Wildman–Crippen MR) is 138 cm³/mol. The van der Waals surface area contributed by atoms with E-state index >= 15 is 0 Å². The number of benzene rings is 1. The molecule has 194 valence electrons. The maximum Gasteiger partial charge on any atom is 0.343 e. The molecule has 9 heteroatoms. The summed E-state index contributed by atoms with van der Waals surface area (Å²) in [5.41, 5.74) is 2.72. The third-order valence-electron chi connectivity index (χ3n) is 7.81. The Morgan fingerprint density at radius 3 is 2.76 bits per heavy atom. The lowest BCUT2D eigenvalue weighted by atomic mass is 9.86. The summed E-state index contributed by atoms with van der Waals surface area (Å²) >= 11 is 0. The van der Waals surface area contributed by atoms with Gasteiger partial charge in [0.25, 0.3) is 5.56 Å². The van der Waals surface area contributed by atoms with Gasteiger partial charge in [0.2, 0.25) is 0 Å². The number of esters is 1. The molecule has 2 N–H and O–H groups in total. The number of hydrogen-bond donors (Lipinski definition) is 2. The molecule has 2 aromatic heterocycles. The van der Waals surface area contributed by atoms with Crippen LogP contribution in [0.5, 0.6) is 5.75 Å². The molecule has 0 saturated carbocycles. The maximum absolute atomic E-state index is 13.5. The number of aromatic nitrogens is 2. The lowest BCUT2D eigenvalue weighted by Crippen LogP contribution is -2.44. The van der Waals surface area contributed by atoms with Crippen molar-refractivity contribution < 1.29 is 19.4 Å². The summed E-state index contributed by atoms with van der Waals surface area (Å²) in [5.74, 6) is 0.160. The van der Waals surface area contributed by atoms with Crippen molar-refractivity contribution in [3.05, 3.63) is 56.9 Å². The SMILES string of the molecule is CCC1(O)C(=O)OCc2c1cc1n(c2=O)Cc2cc3c(CN(C)C)c(OC4CCNCC4)ccc3nc2-1. The molecule has 0 radical (unpaired) electrons. The molecule has 1 saturated heterocycles. The monoisotopic (exact) mass is 504 g/mol. The van der Waals surface area contributed by atoms with Crippen molar-refractivity contribution >= 4 is 16.9 Å². The van der Waals surface area contributed by atoms with Crippen molar-refractivity contribution in [3.63, 3.8) is 0 Å². The Kier molecular flexibility index (Phi) is 5.82. The normalized spacial score (nSPS) is 21.1. The van der Waals surface area contributed by atoms with Crippen molar-refractivity contribution in [1.29, 1.82) is 0 Å². The average Bonchev–Trinajstić information content (AvgIpc) is 3.25.